The van der Waals surface area contributed by atoms with E-state index in [-0.39, 0.29) is 28.9 Å². The molecule has 2 unspecified atom stereocenters. The molecule has 1 aromatic heterocycles. The van der Waals surface area contributed by atoms with Gasteiger partial charge in [-0.25, -0.2) is 17.6 Å². The Bertz CT molecular complexity index is 1220. The number of carbonyl (C=O) groups is 1. The third kappa shape index (κ3) is 7.29. The number of halogens is 1. The maximum Gasteiger partial charge on any atom is 0.412 e. The SMILES string of the molecule is C[Si](C)OC(C1Cc2ncc(NC(=O)OC(C)(C)C)cc2N(S(=O)(=O)c2ccc(F)cc2)C1)C(C)(C)C. The summed E-state index contributed by atoms with van der Waals surface area (Å²) in [4.78, 5) is 16.9. The molecule has 0 bridgehead atoms. The second-order valence-corrected chi connectivity index (χ2v) is 15.5. The fraction of sp³-hybridized carbons (Fsp3) is 0.538. The van der Waals surface area contributed by atoms with Crippen molar-refractivity contribution in [3.8, 4) is 0 Å². The number of pyridine rings is 1. The zero-order valence-corrected chi connectivity index (χ0v) is 24.6. The monoisotopic (exact) mass is 550 g/mol. The maximum atomic E-state index is 13.9. The number of hydrogen-bond donors (Lipinski definition) is 1. The molecule has 1 aliphatic rings. The lowest BCUT2D eigenvalue weighted by Gasteiger charge is -2.43. The van der Waals surface area contributed by atoms with E-state index in [4.69, 9.17) is 9.16 Å². The molecule has 2 heterocycles. The number of carbonyl (C=O) groups excluding carboxylic acids is 1. The second-order valence-electron chi connectivity index (χ2n) is 11.6. The lowest BCUT2D eigenvalue weighted by atomic mass is 9.78. The number of amides is 1. The molecule has 1 N–H and O–H groups in total. The molecule has 1 radical (unpaired) electrons. The standard InChI is InChI=1S/C26H37FN3O5SSi/c1-25(2,3)23(35-37(7)8)17-13-21-22(14-19(15-28-21)29-24(31)34-26(4,5)6)30(16-17)36(32,33)20-11-9-18(27)10-12-20/h9-12,14-15,17,23H,13,16H2,1-8H3,(H,29,31). The van der Waals surface area contributed by atoms with Crippen LogP contribution in [0.3, 0.4) is 0 Å². The minimum Gasteiger partial charge on any atom is -0.444 e. The molecule has 8 nitrogen and oxygen atoms in total. The highest BCUT2D eigenvalue weighted by atomic mass is 32.2. The van der Waals surface area contributed by atoms with E-state index in [1.54, 1.807) is 26.8 Å². The molecule has 1 aromatic carbocycles. The van der Waals surface area contributed by atoms with Crippen LogP contribution in [-0.2, 0) is 25.6 Å². The van der Waals surface area contributed by atoms with Gasteiger partial charge in [-0.15, -0.1) is 0 Å². The molecule has 2 aromatic rings. The number of nitrogens with one attached hydrogen (secondary N) is 1. The Morgan fingerprint density at radius 3 is 2.32 bits per heavy atom. The summed E-state index contributed by atoms with van der Waals surface area (Å²) in [6.45, 7) is 15.8. The van der Waals surface area contributed by atoms with Gasteiger partial charge in [-0.1, -0.05) is 20.8 Å². The number of nitrogens with zero attached hydrogens (tertiary/aromatic N) is 2. The van der Waals surface area contributed by atoms with E-state index in [2.05, 4.69) is 44.2 Å². The summed E-state index contributed by atoms with van der Waals surface area (Å²) < 4.78 is 54.3. The summed E-state index contributed by atoms with van der Waals surface area (Å²) in [6, 6.07) is 6.34. The molecule has 3 rings (SSSR count). The summed E-state index contributed by atoms with van der Waals surface area (Å²) in [5.74, 6) is -0.692. The Labute approximate surface area is 221 Å². The normalized spacial score (nSPS) is 17.4. The van der Waals surface area contributed by atoms with Crippen LogP contribution in [0.1, 0.15) is 47.2 Å². The molecular weight excluding hydrogens is 513 g/mol. The van der Waals surface area contributed by atoms with Crippen molar-refractivity contribution < 1.29 is 26.8 Å². The summed E-state index contributed by atoms with van der Waals surface area (Å²) in [5.41, 5.74) is 0.309. The first-order valence-electron chi connectivity index (χ1n) is 12.2. The van der Waals surface area contributed by atoms with Crippen LogP contribution >= 0.6 is 0 Å². The van der Waals surface area contributed by atoms with Gasteiger partial charge in [0, 0.05) is 12.5 Å². The van der Waals surface area contributed by atoms with Crippen molar-refractivity contribution in [2.45, 2.75) is 77.7 Å². The van der Waals surface area contributed by atoms with Crippen molar-refractivity contribution in [1.29, 1.82) is 0 Å². The quantitative estimate of drug-likeness (QED) is 0.469. The third-order valence-electron chi connectivity index (χ3n) is 5.76. The predicted molar refractivity (Wildman–Crippen MR) is 144 cm³/mol. The molecule has 0 fully saturated rings. The average molecular weight is 551 g/mol. The lowest BCUT2D eigenvalue weighted by Crippen LogP contribution is -2.49. The van der Waals surface area contributed by atoms with Gasteiger partial charge in [0.15, 0.2) is 0 Å². The van der Waals surface area contributed by atoms with Crippen LogP contribution in [0.2, 0.25) is 13.1 Å². The number of sulfonamides is 1. The summed E-state index contributed by atoms with van der Waals surface area (Å²) in [6.07, 6.45) is 1.12. The van der Waals surface area contributed by atoms with Crippen molar-refractivity contribution in [2.75, 3.05) is 16.2 Å². The molecular formula is C26H37FN3O5SSi. The molecule has 2 atom stereocenters. The molecule has 1 amide bonds. The molecule has 0 aliphatic carbocycles. The van der Waals surface area contributed by atoms with Crippen LogP contribution in [0.25, 0.3) is 0 Å². The van der Waals surface area contributed by atoms with Gasteiger partial charge in [-0.2, -0.15) is 0 Å². The van der Waals surface area contributed by atoms with Crippen LogP contribution in [-0.4, -0.2) is 46.8 Å². The largest absolute Gasteiger partial charge is 0.444 e. The molecule has 11 heteroatoms. The minimum atomic E-state index is -4.07. The van der Waals surface area contributed by atoms with Gasteiger partial charge in [0.2, 0.25) is 9.04 Å². The molecule has 0 saturated carbocycles. The summed E-state index contributed by atoms with van der Waals surface area (Å²) >= 11 is 0. The van der Waals surface area contributed by atoms with Gasteiger partial charge in [-0.05, 0) is 76.0 Å². The van der Waals surface area contributed by atoms with E-state index >= 15 is 0 Å². The van der Waals surface area contributed by atoms with Crippen LogP contribution in [0.4, 0.5) is 20.6 Å². The molecule has 0 spiro atoms. The van der Waals surface area contributed by atoms with Gasteiger partial charge in [0.05, 0.1) is 34.3 Å². The number of rotatable bonds is 6. The molecule has 37 heavy (non-hydrogen) atoms. The second kappa shape index (κ2) is 10.7. The Morgan fingerprint density at radius 1 is 1.16 bits per heavy atom. The first-order valence-corrected chi connectivity index (χ1v) is 16.1. The number of ether oxygens (including phenoxy) is 1. The third-order valence-corrected chi connectivity index (χ3v) is 8.28. The van der Waals surface area contributed by atoms with Crippen molar-refractivity contribution in [1.82, 2.24) is 4.98 Å². The smallest absolute Gasteiger partial charge is 0.412 e. The zero-order chi connectivity index (χ0) is 27.8. The van der Waals surface area contributed by atoms with Crippen molar-refractivity contribution in [3.05, 3.63) is 48.0 Å². The Morgan fingerprint density at radius 2 is 1.78 bits per heavy atom. The maximum absolute atomic E-state index is 13.9. The summed E-state index contributed by atoms with van der Waals surface area (Å²) in [5, 5.41) is 2.64. The van der Waals surface area contributed by atoms with Crippen molar-refractivity contribution in [2.24, 2.45) is 11.3 Å². The highest BCUT2D eigenvalue weighted by molar-refractivity contribution is 7.92. The topological polar surface area (TPSA) is 97.8 Å². The Balaban J connectivity index is 2.07. The Kier molecular flexibility index (Phi) is 8.40. The highest BCUT2D eigenvalue weighted by Crippen LogP contribution is 2.40. The first-order chi connectivity index (χ1) is 17.0. The number of fused-ring (bicyclic) bond motifs is 1. The zero-order valence-electron chi connectivity index (χ0n) is 22.8. The molecule has 203 valence electrons. The number of aromatic nitrogens is 1. The molecule has 0 saturated heterocycles. The fourth-order valence-corrected chi connectivity index (χ4v) is 6.96. The van der Waals surface area contributed by atoms with E-state index in [0.29, 0.717) is 23.5 Å². The fourth-order valence-electron chi connectivity index (χ4n) is 4.37. The summed E-state index contributed by atoms with van der Waals surface area (Å²) in [7, 11) is -5.15. The van der Waals surface area contributed by atoms with Gasteiger partial charge in [0.25, 0.3) is 10.0 Å². The highest BCUT2D eigenvalue weighted by Gasteiger charge is 2.42. The van der Waals surface area contributed by atoms with E-state index in [0.717, 1.165) is 12.1 Å². The van der Waals surface area contributed by atoms with Crippen molar-refractivity contribution in [3.63, 3.8) is 0 Å². The van der Waals surface area contributed by atoms with E-state index < -0.39 is 36.6 Å². The predicted octanol–water partition coefficient (Wildman–Crippen LogP) is 5.62. The number of benzene rings is 1. The number of anilines is 2. The number of hydrogen-bond acceptors (Lipinski definition) is 6. The van der Waals surface area contributed by atoms with Crippen LogP contribution in [0.15, 0.2) is 41.4 Å². The minimum absolute atomic E-state index is 0.0324. The van der Waals surface area contributed by atoms with Crippen LogP contribution < -0.4 is 9.62 Å². The lowest BCUT2D eigenvalue weighted by molar-refractivity contribution is 0.0346. The van der Waals surface area contributed by atoms with E-state index in [1.807, 2.05) is 0 Å². The molecule has 1 aliphatic heterocycles. The average Bonchev–Trinajstić information content (AvgIpc) is 2.75. The van der Waals surface area contributed by atoms with E-state index in [9.17, 15) is 17.6 Å². The Hall–Kier alpha value is -2.50. The van der Waals surface area contributed by atoms with Gasteiger partial charge in [0.1, 0.15) is 11.4 Å². The van der Waals surface area contributed by atoms with Gasteiger partial charge in [-0.3, -0.25) is 14.6 Å². The first kappa shape index (κ1) is 29.1. The van der Waals surface area contributed by atoms with Crippen LogP contribution in [0.5, 0.6) is 0 Å². The van der Waals surface area contributed by atoms with Gasteiger partial charge >= 0.3 is 6.09 Å². The van der Waals surface area contributed by atoms with Gasteiger partial charge < -0.3 is 9.16 Å². The van der Waals surface area contributed by atoms with Crippen molar-refractivity contribution >= 4 is 36.5 Å². The van der Waals surface area contributed by atoms with E-state index in [1.165, 1.54) is 22.6 Å². The van der Waals surface area contributed by atoms with Crippen LogP contribution in [0, 0.1) is 17.2 Å².